The highest BCUT2D eigenvalue weighted by Crippen LogP contribution is 2.14. The number of hydrogen-bond acceptors (Lipinski definition) is 2. The molecule has 84 valence electrons. The highest BCUT2D eigenvalue weighted by Gasteiger charge is 2.13. The molecule has 1 fully saturated rings. The molecule has 0 spiro atoms. The Balaban J connectivity index is 2.24. The Morgan fingerprint density at radius 2 is 1.79 bits per heavy atom. The quantitative estimate of drug-likeness (QED) is 0.734. The van der Waals surface area contributed by atoms with Gasteiger partial charge in [-0.05, 0) is 38.3 Å². The van der Waals surface area contributed by atoms with Crippen molar-refractivity contribution >= 4 is 0 Å². The van der Waals surface area contributed by atoms with Crippen LogP contribution in [0.15, 0.2) is 0 Å². The van der Waals surface area contributed by atoms with Gasteiger partial charge in [-0.2, -0.15) is 0 Å². The van der Waals surface area contributed by atoms with Crippen molar-refractivity contribution in [2.45, 2.75) is 45.4 Å². The lowest BCUT2D eigenvalue weighted by atomic mass is 10.0. The van der Waals surface area contributed by atoms with Crippen LogP contribution in [0.4, 0.5) is 0 Å². The number of likely N-dealkylation sites (tertiary alicyclic amines) is 1. The normalized spacial score (nSPS) is 21.9. The number of aliphatic hydroxyl groups is 1. The van der Waals surface area contributed by atoms with Crippen LogP contribution in [0.1, 0.15) is 45.4 Å². The largest absolute Gasteiger partial charge is 0.396 e. The van der Waals surface area contributed by atoms with Gasteiger partial charge in [0.15, 0.2) is 0 Å². The molecule has 2 heteroatoms. The third-order valence-electron chi connectivity index (χ3n) is 3.33. The molecule has 1 atom stereocenters. The highest BCUT2D eigenvalue weighted by atomic mass is 16.3. The van der Waals surface area contributed by atoms with Crippen LogP contribution in [-0.4, -0.2) is 36.2 Å². The minimum Gasteiger partial charge on any atom is -0.396 e. The summed E-state index contributed by atoms with van der Waals surface area (Å²) in [7, 11) is 0. The molecule has 1 rings (SSSR count). The summed E-state index contributed by atoms with van der Waals surface area (Å²) in [6, 6.07) is 0. The van der Waals surface area contributed by atoms with E-state index in [1.54, 1.807) is 0 Å². The molecule has 0 saturated carbocycles. The molecule has 1 aliphatic heterocycles. The Kier molecular flexibility index (Phi) is 6.20. The standard InChI is InChI=1S/C12H25NO/c1-2-12(7-10-14)11-13-8-5-3-4-6-9-13/h12,14H,2-11H2,1H3. The van der Waals surface area contributed by atoms with Gasteiger partial charge in [-0.3, -0.25) is 0 Å². The van der Waals surface area contributed by atoms with E-state index in [2.05, 4.69) is 11.8 Å². The predicted octanol–water partition coefficient (Wildman–Crippen LogP) is 2.27. The second kappa shape index (κ2) is 7.24. The summed E-state index contributed by atoms with van der Waals surface area (Å²) >= 11 is 0. The van der Waals surface area contributed by atoms with Gasteiger partial charge in [0.25, 0.3) is 0 Å². The van der Waals surface area contributed by atoms with E-state index in [4.69, 9.17) is 5.11 Å². The van der Waals surface area contributed by atoms with E-state index in [9.17, 15) is 0 Å². The molecule has 0 aliphatic carbocycles. The van der Waals surface area contributed by atoms with E-state index in [1.807, 2.05) is 0 Å². The lowest BCUT2D eigenvalue weighted by molar-refractivity contribution is 0.194. The summed E-state index contributed by atoms with van der Waals surface area (Å²) in [6.45, 7) is 6.35. The van der Waals surface area contributed by atoms with Crippen LogP contribution in [0.5, 0.6) is 0 Å². The van der Waals surface area contributed by atoms with Gasteiger partial charge in [-0.1, -0.05) is 26.2 Å². The zero-order valence-electron chi connectivity index (χ0n) is 9.54. The minimum atomic E-state index is 0.354. The Morgan fingerprint density at radius 1 is 1.14 bits per heavy atom. The summed E-state index contributed by atoms with van der Waals surface area (Å²) in [5, 5.41) is 8.93. The number of hydrogen-bond donors (Lipinski definition) is 1. The molecule has 1 heterocycles. The third-order valence-corrected chi connectivity index (χ3v) is 3.33. The van der Waals surface area contributed by atoms with Gasteiger partial charge in [0.05, 0.1) is 0 Å². The highest BCUT2D eigenvalue weighted by molar-refractivity contribution is 4.68. The van der Waals surface area contributed by atoms with Crippen molar-refractivity contribution in [1.29, 1.82) is 0 Å². The zero-order chi connectivity index (χ0) is 10.2. The van der Waals surface area contributed by atoms with Gasteiger partial charge in [-0.25, -0.2) is 0 Å². The molecular formula is C12H25NO. The van der Waals surface area contributed by atoms with Crippen LogP contribution in [-0.2, 0) is 0 Å². The van der Waals surface area contributed by atoms with E-state index in [-0.39, 0.29) is 0 Å². The number of nitrogens with zero attached hydrogens (tertiary/aromatic N) is 1. The first-order valence-corrected chi connectivity index (χ1v) is 6.20. The summed E-state index contributed by atoms with van der Waals surface area (Å²) in [5.74, 6) is 0.707. The lowest BCUT2D eigenvalue weighted by Crippen LogP contribution is -2.30. The van der Waals surface area contributed by atoms with Crippen molar-refractivity contribution in [2.75, 3.05) is 26.2 Å². The van der Waals surface area contributed by atoms with Crippen molar-refractivity contribution in [2.24, 2.45) is 5.92 Å². The van der Waals surface area contributed by atoms with Gasteiger partial charge < -0.3 is 10.0 Å². The van der Waals surface area contributed by atoms with Crippen molar-refractivity contribution in [3.63, 3.8) is 0 Å². The molecule has 1 unspecified atom stereocenters. The summed E-state index contributed by atoms with van der Waals surface area (Å²) in [6.07, 6.45) is 7.75. The van der Waals surface area contributed by atoms with Gasteiger partial charge in [0, 0.05) is 13.2 Å². The molecule has 0 aromatic heterocycles. The van der Waals surface area contributed by atoms with Gasteiger partial charge >= 0.3 is 0 Å². The van der Waals surface area contributed by atoms with E-state index >= 15 is 0 Å². The maximum absolute atomic E-state index is 8.93. The second-order valence-electron chi connectivity index (χ2n) is 4.50. The number of rotatable bonds is 5. The zero-order valence-corrected chi connectivity index (χ0v) is 9.54. The van der Waals surface area contributed by atoms with Crippen molar-refractivity contribution < 1.29 is 5.11 Å². The van der Waals surface area contributed by atoms with Crippen LogP contribution in [0, 0.1) is 5.92 Å². The molecule has 0 amide bonds. The third kappa shape index (κ3) is 4.43. The van der Waals surface area contributed by atoms with Crippen LogP contribution in [0.3, 0.4) is 0 Å². The fraction of sp³-hybridized carbons (Fsp3) is 1.00. The Labute approximate surface area is 88.3 Å². The SMILES string of the molecule is CCC(CCO)CN1CCCCCC1. The molecule has 1 aliphatic rings. The number of aliphatic hydroxyl groups excluding tert-OH is 1. The topological polar surface area (TPSA) is 23.5 Å². The molecule has 2 nitrogen and oxygen atoms in total. The molecule has 1 saturated heterocycles. The van der Waals surface area contributed by atoms with E-state index in [0.717, 1.165) is 6.42 Å². The first-order valence-electron chi connectivity index (χ1n) is 6.20. The average molecular weight is 199 g/mol. The fourth-order valence-electron chi connectivity index (χ4n) is 2.29. The molecule has 0 bridgehead atoms. The minimum absolute atomic E-state index is 0.354. The van der Waals surface area contributed by atoms with Crippen molar-refractivity contribution in [3.8, 4) is 0 Å². The van der Waals surface area contributed by atoms with Gasteiger partial charge in [-0.15, -0.1) is 0 Å². The molecule has 0 radical (unpaired) electrons. The predicted molar refractivity (Wildman–Crippen MR) is 60.4 cm³/mol. The summed E-state index contributed by atoms with van der Waals surface area (Å²) < 4.78 is 0. The van der Waals surface area contributed by atoms with E-state index < -0.39 is 0 Å². The van der Waals surface area contributed by atoms with Crippen LogP contribution in [0.25, 0.3) is 0 Å². The Bertz CT molecular complexity index is 130. The van der Waals surface area contributed by atoms with Crippen LogP contribution >= 0.6 is 0 Å². The lowest BCUT2D eigenvalue weighted by Gasteiger charge is -2.25. The monoisotopic (exact) mass is 199 g/mol. The summed E-state index contributed by atoms with van der Waals surface area (Å²) in [4.78, 5) is 2.59. The molecule has 0 aromatic rings. The average Bonchev–Trinajstić information content (AvgIpc) is 2.45. The Hall–Kier alpha value is -0.0800. The smallest absolute Gasteiger partial charge is 0.0434 e. The first kappa shape index (κ1) is 12.0. The van der Waals surface area contributed by atoms with Crippen LogP contribution < -0.4 is 0 Å². The molecular weight excluding hydrogens is 174 g/mol. The molecule has 1 N–H and O–H groups in total. The van der Waals surface area contributed by atoms with E-state index in [1.165, 1.54) is 51.7 Å². The summed E-state index contributed by atoms with van der Waals surface area (Å²) in [5.41, 5.74) is 0. The molecule has 14 heavy (non-hydrogen) atoms. The van der Waals surface area contributed by atoms with E-state index in [0.29, 0.717) is 12.5 Å². The first-order chi connectivity index (χ1) is 6.86. The Morgan fingerprint density at radius 3 is 2.29 bits per heavy atom. The maximum Gasteiger partial charge on any atom is 0.0434 e. The maximum atomic E-state index is 8.93. The van der Waals surface area contributed by atoms with Gasteiger partial charge in [0.2, 0.25) is 0 Å². The fourth-order valence-corrected chi connectivity index (χ4v) is 2.29. The van der Waals surface area contributed by atoms with Crippen LogP contribution in [0.2, 0.25) is 0 Å². The second-order valence-corrected chi connectivity index (χ2v) is 4.50. The van der Waals surface area contributed by atoms with Crippen molar-refractivity contribution in [3.05, 3.63) is 0 Å². The molecule has 0 aromatic carbocycles. The van der Waals surface area contributed by atoms with Crippen molar-refractivity contribution in [1.82, 2.24) is 4.90 Å². The van der Waals surface area contributed by atoms with Gasteiger partial charge in [0.1, 0.15) is 0 Å².